The number of carbonyl (C=O) groups is 2. The number of aliphatic carboxylic acids is 1. The molecule has 44 heavy (non-hydrogen) atoms. The quantitative estimate of drug-likeness (QED) is 0.138. The van der Waals surface area contributed by atoms with E-state index in [1.165, 1.54) is 6.92 Å². The SMILES string of the molecule is C[C@@H](OP(=O)(OCc1ccccc1)OCc1ccccc1)[C@H](NC(=O)OC(C)(C)c1ccc(-c2ccccc2)cc1)C(=O)O. The largest absolute Gasteiger partial charge is 0.480 e. The maximum Gasteiger partial charge on any atom is 0.475 e. The lowest BCUT2D eigenvalue weighted by Gasteiger charge is -2.29. The summed E-state index contributed by atoms with van der Waals surface area (Å²) in [7, 11) is -4.32. The van der Waals surface area contributed by atoms with Crippen molar-refractivity contribution in [3.05, 3.63) is 132 Å². The lowest BCUT2D eigenvalue weighted by molar-refractivity contribution is -0.142. The highest BCUT2D eigenvalue weighted by atomic mass is 31.2. The number of hydrogen-bond donors (Lipinski definition) is 2. The summed E-state index contributed by atoms with van der Waals surface area (Å²) in [6.45, 7) is 4.54. The number of carboxylic acid groups (broad SMARTS) is 1. The molecule has 2 atom stereocenters. The zero-order chi connectivity index (χ0) is 31.6. The van der Waals surface area contributed by atoms with Gasteiger partial charge in [-0.25, -0.2) is 14.2 Å². The van der Waals surface area contributed by atoms with Crippen molar-refractivity contribution in [1.82, 2.24) is 5.32 Å². The van der Waals surface area contributed by atoms with Gasteiger partial charge in [0, 0.05) is 0 Å². The predicted molar refractivity (Wildman–Crippen MR) is 167 cm³/mol. The number of ether oxygens (including phenoxy) is 1. The average Bonchev–Trinajstić information content (AvgIpc) is 3.03. The summed E-state index contributed by atoms with van der Waals surface area (Å²) in [5.74, 6) is -1.42. The number of benzene rings is 4. The molecule has 230 valence electrons. The molecule has 0 aliphatic heterocycles. The van der Waals surface area contributed by atoms with Gasteiger partial charge in [0.25, 0.3) is 0 Å². The van der Waals surface area contributed by atoms with Crippen molar-refractivity contribution < 1.29 is 37.6 Å². The number of rotatable bonds is 14. The summed E-state index contributed by atoms with van der Waals surface area (Å²) in [5.41, 5.74) is 3.08. The van der Waals surface area contributed by atoms with E-state index in [9.17, 15) is 19.3 Å². The molecule has 4 rings (SSSR count). The van der Waals surface area contributed by atoms with Gasteiger partial charge in [0.1, 0.15) is 5.60 Å². The Labute approximate surface area is 257 Å². The van der Waals surface area contributed by atoms with Crippen LogP contribution in [0.3, 0.4) is 0 Å². The van der Waals surface area contributed by atoms with Crippen LogP contribution in [0.4, 0.5) is 4.79 Å². The van der Waals surface area contributed by atoms with Gasteiger partial charge in [0.15, 0.2) is 6.04 Å². The highest BCUT2D eigenvalue weighted by Gasteiger charge is 2.38. The first kappa shape index (κ1) is 32.6. The van der Waals surface area contributed by atoms with Gasteiger partial charge in [-0.3, -0.25) is 13.6 Å². The van der Waals surface area contributed by atoms with E-state index in [-0.39, 0.29) is 13.2 Å². The summed E-state index contributed by atoms with van der Waals surface area (Å²) in [5, 5.41) is 12.3. The van der Waals surface area contributed by atoms with Gasteiger partial charge in [0.05, 0.1) is 19.3 Å². The molecule has 0 heterocycles. The fraction of sp³-hybridized carbons (Fsp3) is 0.235. The molecular formula is C34H36NO8P. The standard InChI is InChI=1S/C34H36NO8P/c1-25(43-44(39,40-23-26-13-7-4-8-14-26)41-24-27-15-9-5-10-16-27)31(32(36)37)35-33(38)42-34(2,3)30-21-19-29(20-22-30)28-17-11-6-12-18-28/h4-22,25,31H,23-24H2,1-3H3,(H,35,38)(H,36,37)/t25-,31+/m1/s1. The summed E-state index contributed by atoms with van der Waals surface area (Å²) < 4.78 is 36.2. The molecule has 0 aliphatic carbocycles. The minimum Gasteiger partial charge on any atom is -0.480 e. The van der Waals surface area contributed by atoms with Crippen LogP contribution in [0, 0.1) is 0 Å². The Morgan fingerprint density at radius 1 is 0.750 bits per heavy atom. The van der Waals surface area contributed by atoms with Crippen LogP contribution in [-0.4, -0.2) is 29.3 Å². The Hall–Kier alpha value is -4.27. The van der Waals surface area contributed by atoms with E-state index < -0.39 is 37.6 Å². The van der Waals surface area contributed by atoms with Crippen molar-refractivity contribution in [3.8, 4) is 11.1 Å². The third-order valence-electron chi connectivity index (χ3n) is 6.80. The summed E-state index contributed by atoms with van der Waals surface area (Å²) in [4.78, 5) is 25.2. The highest BCUT2D eigenvalue weighted by molar-refractivity contribution is 7.48. The third kappa shape index (κ3) is 9.36. The van der Waals surface area contributed by atoms with Crippen molar-refractivity contribution in [3.63, 3.8) is 0 Å². The molecule has 0 saturated carbocycles. The van der Waals surface area contributed by atoms with Crippen molar-refractivity contribution >= 4 is 19.9 Å². The number of phosphoric ester groups is 1. The fourth-order valence-electron chi connectivity index (χ4n) is 4.34. The van der Waals surface area contributed by atoms with E-state index in [2.05, 4.69) is 5.32 Å². The molecule has 2 N–H and O–H groups in total. The van der Waals surface area contributed by atoms with E-state index in [0.717, 1.165) is 11.1 Å². The number of carbonyl (C=O) groups excluding carboxylic acids is 1. The number of nitrogens with one attached hydrogen (secondary N) is 1. The van der Waals surface area contributed by atoms with Gasteiger partial charge in [-0.05, 0) is 48.6 Å². The zero-order valence-electron chi connectivity index (χ0n) is 24.8. The maximum atomic E-state index is 13.7. The van der Waals surface area contributed by atoms with Crippen molar-refractivity contribution in [2.45, 2.75) is 51.7 Å². The first-order chi connectivity index (χ1) is 21.0. The Morgan fingerprint density at radius 3 is 1.68 bits per heavy atom. The van der Waals surface area contributed by atoms with Gasteiger partial charge < -0.3 is 15.2 Å². The lowest BCUT2D eigenvalue weighted by Crippen LogP contribution is -2.49. The monoisotopic (exact) mass is 617 g/mol. The third-order valence-corrected chi connectivity index (χ3v) is 8.28. The van der Waals surface area contributed by atoms with Gasteiger partial charge >= 0.3 is 19.9 Å². The van der Waals surface area contributed by atoms with Crippen molar-refractivity contribution in [2.24, 2.45) is 0 Å². The van der Waals surface area contributed by atoms with Crippen LogP contribution in [0.5, 0.6) is 0 Å². The molecule has 0 spiro atoms. The van der Waals surface area contributed by atoms with Crippen molar-refractivity contribution in [1.29, 1.82) is 0 Å². The number of alkyl carbamates (subject to hydrolysis) is 1. The second-order valence-corrected chi connectivity index (χ2v) is 12.2. The van der Waals surface area contributed by atoms with Crippen LogP contribution < -0.4 is 5.32 Å². The number of phosphoric acid groups is 1. The molecule has 0 aliphatic rings. The Kier molecular flexibility index (Phi) is 11.1. The molecular weight excluding hydrogens is 581 g/mol. The molecule has 0 radical (unpaired) electrons. The minimum absolute atomic E-state index is 0.107. The molecule has 4 aromatic carbocycles. The maximum absolute atomic E-state index is 13.7. The number of hydrogen-bond acceptors (Lipinski definition) is 7. The van der Waals surface area contributed by atoms with Crippen LogP contribution in [-0.2, 0) is 46.5 Å². The minimum atomic E-state index is -4.32. The molecule has 0 saturated heterocycles. The van der Waals surface area contributed by atoms with Gasteiger partial charge in [0.2, 0.25) is 0 Å². The summed E-state index contributed by atoms with van der Waals surface area (Å²) >= 11 is 0. The van der Waals surface area contributed by atoms with E-state index in [1.807, 2.05) is 66.7 Å². The second-order valence-electron chi connectivity index (χ2n) is 10.6. The molecule has 0 bridgehead atoms. The molecule has 0 unspecified atom stereocenters. The second kappa shape index (κ2) is 14.9. The van der Waals surface area contributed by atoms with Crippen LogP contribution in [0.2, 0.25) is 0 Å². The van der Waals surface area contributed by atoms with Crippen LogP contribution in [0.1, 0.15) is 37.5 Å². The van der Waals surface area contributed by atoms with E-state index >= 15 is 0 Å². The molecule has 0 aromatic heterocycles. The van der Waals surface area contributed by atoms with E-state index in [4.69, 9.17) is 18.3 Å². The lowest BCUT2D eigenvalue weighted by atomic mass is 9.95. The topological polar surface area (TPSA) is 120 Å². The number of amides is 1. The average molecular weight is 618 g/mol. The molecule has 0 fully saturated rings. The fourth-order valence-corrected chi connectivity index (χ4v) is 5.68. The first-order valence-electron chi connectivity index (χ1n) is 14.1. The highest BCUT2D eigenvalue weighted by Crippen LogP contribution is 2.52. The van der Waals surface area contributed by atoms with Crippen LogP contribution >= 0.6 is 7.82 Å². The Bertz CT molecular complexity index is 1500. The molecule has 1 amide bonds. The summed E-state index contributed by atoms with van der Waals surface area (Å²) in [6.07, 6.45) is -2.32. The van der Waals surface area contributed by atoms with E-state index in [1.54, 1.807) is 62.4 Å². The molecule has 4 aromatic rings. The summed E-state index contributed by atoms with van der Waals surface area (Å²) in [6, 6.07) is 33.7. The zero-order valence-corrected chi connectivity index (χ0v) is 25.7. The first-order valence-corrected chi connectivity index (χ1v) is 15.5. The Balaban J connectivity index is 1.43. The van der Waals surface area contributed by atoms with Crippen molar-refractivity contribution in [2.75, 3.05) is 0 Å². The van der Waals surface area contributed by atoms with Gasteiger partial charge in [-0.1, -0.05) is 115 Å². The predicted octanol–water partition coefficient (Wildman–Crippen LogP) is 7.71. The van der Waals surface area contributed by atoms with Crippen LogP contribution in [0.25, 0.3) is 11.1 Å². The normalized spacial score (nSPS) is 13.1. The van der Waals surface area contributed by atoms with E-state index in [0.29, 0.717) is 16.7 Å². The molecule has 9 nitrogen and oxygen atoms in total. The number of carboxylic acids is 1. The Morgan fingerprint density at radius 2 is 1.20 bits per heavy atom. The molecule has 10 heteroatoms. The van der Waals surface area contributed by atoms with Crippen LogP contribution in [0.15, 0.2) is 115 Å². The smallest absolute Gasteiger partial charge is 0.475 e. The van der Waals surface area contributed by atoms with Gasteiger partial charge in [-0.15, -0.1) is 0 Å². The van der Waals surface area contributed by atoms with Gasteiger partial charge in [-0.2, -0.15) is 0 Å².